The Morgan fingerprint density at radius 3 is 3.21 bits per heavy atom. The van der Waals surface area contributed by atoms with E-state index in [-0.39, 0.29) is 11.8 Å². The van der Waals surface area contributed by atoms with Crippen LogP contribution in [0.2, 0.25) is 0 Å². The first-order valence-electron chi connectivity index (χ1n) is 6.31. The quantitative estimate of drug-likeness (QED) is 0.900. The molecule has 1 amide bonds. The van der Waals surface area contributed by atoms with Crippen LogP contribution in [0.5, 0.6) is 0 Å². The second-order valence-electron chi connectivity index (χ2n) is 4.58. The average molecular weight is 273 g/mol. The number of nitrogens with zero attached hydrogens (tertiary/aromatic N) is 1. The Morgan fingerprint density at radius 2 is 2.37 bits per heavy atom. The van der Waals surface area contributed by atoms with Crippen LogP contribution in [-0.2, 0) is 17.8 Å². The minimum atomic E-state index is -0.00476. The minimum absolute atomic E-state index is 0.00476. The molecule has 1 unspecified atom stereocenters. The van der Waals surface area contributed by atoms with Crippen molar-refractivity contribution < 1.29 is 4.79 Å². The molecule has 1 aliphatic heterocycles. The predicted octanol–water partition coefficient (Wildman–Crippen LogP) is 2.04. The number of aromatic nitrogens is 1. The summed E-state index contributed by atoms with van der Waals surface area (Å²) >= 11 is 1.56. The molecule has 4 nitrogen and oxygen atoms in total. The van der Waals surface area contributed by atoms with E-state index in [4.69, 9.17) is 0 Å². The van der Waals surface area contributed by atoms with Gasteiger partial charge in [0, 0.05) is 23.8 Å². The van der Waals surface area contributed by atoms with Gasteiger partial charge in [0.25, 0.3) is 0 Å². The highest BCUT2D eigenvalue weighted by atomic mass is 32.1. The van der Waals surface area contributed by atoms with Crippen LogP contribution in [0.4, 0.5) is 5.69 Å². The van der Waals surface area contributed by atoms with Gasteiger partial charge in [-0.3, -0.25) is 4.79 Å². The van der Waals surface area contributed by atoms with Crippen molar-refractivity contribution >= 4 is 22.9 Å². The van der Waals surface area contributed by atoms with Crippen LogP contribution in [0.15, 0.2) is 35.8 Å². The van der Waals surface area contributed by atoms with Crippen molar-refractivity contribution in [2.24, 2.45) is 5.92 Å². The van der Waals surface area contributed by atoms with Gasteiger partial charge in [0.05, 0.1) is 12.5 Å². The smallest absolute Gasteiger partial charge is 0.225 e. The highest BCUT2D eigenvalue weighted by Gasteiger charge is 2.23. The van der Waals surface area contributed by atoms with E-state index in [1.165, 1.54) is 5.56 Å². The van der Waals surface area contributed by atoms with Crippen molar-refractivity contribution in [3.8, 4) is 0 Å². The van der Waals surface area contributed by atoms with Crippen LogP contribution < -0.4 is 10.6 Å². The molecule has 0 aliphatic carbocycles. The first-order valence-corrected chi connectivity index (χ1v) is 7.19. The zero-order valence-electron chi connectivity index (χ0n) is 10.4. The molecule has 3 rings (SSSR count). The summed E-state index contributed by atoms with van der Waals surface area (Å²) in [6.07, 6.45) is 2.55. The van der Waals surface area contributed by atoms with Crippen LogP contribution in [0.3, 0.4) is 0 Å². The van der Waals surface area contributed by atoms with Crippen molar-refractivity contribution in [1.29, 1.82) is 0 Å². The van der Waals surface area contributed by atoms with Gasteiger partial charge in [0.2, 0.25) is 5.91 Å². The first kappa shape index (κ1) is 12.2. The molecule has 5 heteroatoms. The summed E-state index contributed by atoms with van der Waals surface area (Å²) in [5.41, 5.74) is 2.36. The van der Waals surface area contributed by atoms with Crippen LogP contribution in [0, 0.1) is 5.92 Å². The van der Waals surface area contributed by atoms with Gasteiger partial charge in [-0.25, -0.2) is 4.98 Å². The number of thiazole rings is 1. The number of nitrogens with one attached hydrogen (secondary N) is 2. The SMILES string of the molecule is O=C(NCc1nccs1)C1CNc2ccccc2C1. The number of rotatable bonds is 3. The lowest BCUT2D eigenvalue weighted by molar-refractivity contribution is -0.124. The van der Waals surface area contributed by atoms with E-state index < -0.39 is 0 Å². The van der Waals surface area contributed by atoms with E-state index in [1.54, 1.807) is 17.5 Å². The maximum Gasteiger partial charge on any atom is 0.225 e. The lowest BCUT2D eigenvalue weighted by atomic mass is 9.93. The maximum atomic E-state index is 12.1. The second-order valence-corrected chi connectivity index (χ2v) is 5.56. The number of hydrogen-bond donors (Lipinski definition) is 2. The van der Waals surface area contributed by atoms with E-state index >= 15 is 0 Å². The molecule has 0 fully saturated rings. The Kier molecular flexibility index (Phi) is 3.46. The number of para-hydroxylation sites is 1. The molecule has 2 aromatic rings. The lowest BCUT2D eigenvalue weighted by Gasteiger charge is -2.25. The van der Waals surface area contributed by atoms with Gasteiger partial charge in [-0.15, -0.1) is 11.3 Å². The van der Waals surface area contributed by atoms with Crippen molar-refractivity contribution in [3.05, 3.63) is 46.4 Å². The molecule has 2 heterocycles. The zero-order valence-corrected chi connectivity index (χ0v) is 11.2. The number of fused-ring (bicyclic) bond motifs is 1. The molecule has 1 aromatic carbocycles. The number of anilines is 1. The second kappa shape index (κ2) is 5.40. The Labute approximate surface area is 115 Å². The molecular weight excluding hydrogens is 258 g/mol. The largest absolute Gasteiger partial charge is 0.384 e. The Morgan fingerprint density at radius 1 is 1.47 bits per heavy atom. The average Bonchev–Trinajstić information content (AvgIpc) is 2.97. The number of carbonyl (C=O) groups excluding carboxylic acids is 1. The third-order valence-corrected chi connectivity index (χ3v) is 4.07. The summed E-state index contributed by atoms with van der Waals surface area (Å²) in [5.74, 6) is 0.0899. The lowest BCUT2D eigenvalue weighted by Crippen LogP contribution is -2.37. The van der Waals surface area contributed by atoms with Gasteiger partial charge < -0.3 is 10.6 Å². The normalized spacial score (nSPS) is 17.4. The van der Waals surface area contributed by atoms with E-state index in [9.17, 15) is 4.79 Å². The van der Waals surface area contributed by atoms with Crippen LogP contribution >= 0.6 is 11.3 Å². The molecule has 0 saturated heterocycles. The number of amides is 1. The number of benzene rings is 1. The number of hydrogen-bond acceptors (Lipinski definition) is 4. The topological polar surface area (TPSA) is 54.0 Å². The fourth-order valence-corrected chi connectivity index (χ4v) is 2.83. The zero-order chi connectivity index (χ0) is 13.1. The molecule has 19 heavy (non-hydrogen) atoms. The van der Waals surface area contributed by atoms with Crippen LogP contribution in [-0.4, -0.2) is 17.4 Å². The molecule has 0 radical (unpaired) electrons. The molecule has 2 N–H and O–H groups in total. The first-order chi connectivity index (χ1) is 9.33. The maximum absolute atomic E-state index is 12.1. The van der Waals surface area contributed by atoms with E-state index in [0.29, 0.717) is 13.1 Å². The summed E-state index contributed by atoms with van der Waals surface area (Å²) in [6.45, 7) is 1.22. The minimum Gasteiger partial charge on any atom is -0.384 e. The highest BCUT2D eigenvalue weighted by molar-refractivity contribution is 7.09. The third-order valence-electron chi connectivity index (χ3n) is 3.29. The van der Waals surface area contributed by atoms with Crippen molar-refractivity contribution in [2.75, 3.05) is 11.9 Å². The molecule has 0 bridgehead atoms. The van der Waals surface area contributed by atoms with Crippen LogP contribution in [0.1, 0.15) is 10.6 Å². The van der Waals surface area contributed by atoms with Gasteiger partial charge >= 0.3 is 0 Å². The molecule has 0 saturated carbocycles. The highest BCUT2D eigenvalue weighted by Crippen LogP contribution is 2.24. The van der Waals surface area contributed by atoms with Crippen molar-refractivity contribution in [2.45, 2.75) is 13.0 Å². The molecule has 98 valence electrons. The summed E-state index contributed by atoms with van der Waals surface area (Å²) in [7, 11) is 0. The van der Waals surface area contributed by atoms with Crippen molar-refractivity contribution in [1.82, 2.24) is 10.3 Å². The summed E-state index contributed by atoms with van der Waals surface area (Å²) in [5, 5.41) is 9.13. The molecule has 1 atom stereocenters. The van der Waals surface area contributed by atoms with E-state index in [1.807, 2.05) is 17.5 Å². The molecule has 1 aliphatic rings. The Bertz CT molecular complexity index is 568. The van der Waals surface area contributed by atoms with Crippen LogP contribution in [0.25, 0.3) is 0 Å². The molecular formula is C14H15N3OS. The van der Waals surface area contributed by atoms with E-state index in [2.05, 4.69) is 27.8 Å². The summed E-state index contributed by atoms with van der Waals surface area (Å²) < 4.78 is 0. The van der Waals surface area contributed by atoms with Gasteiger partial charge in [-0.2, -0.15) is 0 Å². The summed E-state index contributed by atoms with van der Waals surface area (Å²) in [6, 6.07) is 8.15. The Hall–Kier alpha value is -1.88. The predicted molar refractivity (Wildman–Crippen MR) is 76.1 cm³/mol. The Balaban J connectivity index is 1.60. The fraction of sp³-hybridized carbons (Fsp3) is 0.286. The molecule has 1 aromatic heterocycles. The van der Waals surface area contributed by atoms with Crippen molar-refractivity contribution in [3.63, 3.8) is 0 Å². The fourth-order valence-electron chi connectivity index (χ4n) is 2.27. The van der Waals surface area contributed by atoms with E-state index in [0.717, 1.165) is 17.1 Å². The summed E-state index contributed by atoms with van der Waals surface area (Å²) in [4.78, 5) is 16.3. The molecule has 0 spiro atoms. The van der Waals surface area contributed by atoms with Gasteiger partial charge in [0.1, 0.15) is 5.01 Å². The van der Waals surface area contributed by atoms with Gasteiger partial charge in [0.15, 0.2) is 0 Å². The van der Waals surface area contributed by atoms with Gasteiger partial charge in [-0.1, -0.05) is 18.2 Å². The van der Waals surface area contributed by atoms with Gasteiger partial charge in [-0.05, 0) is 18.1 Å². The third kappa shape index (κ3) is 2.76. The monoisotopic (exact) mass is 273 g/mol. The number of carbonyl (C=O) groups is 1. The standard InChI is InChI=1S/C14H15N3OS/c18-14(17-9-13-15-5-6-19-13)11-7-10-3-1-2-4-12(10)16-8-11/h1-6,11,16H,7-9H2,(H,17,18).